The van der Waals surface area contributed by atoms with Crippen LogP contribution in [-0.4, -0.2) is 37.7 Å². The molecule has 0 fully saturated rings. The molecular weight excluding hydrogens is 260 g/mol. The van der Waals surface area contributed by atoms with E-state index < -0.39 is 22.0 Å². The summed E-state index contributed by atoms with van der Waals surface area (Å²) in [7, 11) is -2.72. The van der Waals surface area contributed by atoms with Gasteiger partial charge in [0.25, 0.3) is 0 Å². The van der Waals surface area contributed by atoms with Crippen LogP contribution in [0.5, 0.6) is 0 Å². The summed E-state index contributed by atoms with van der Waals surface area (Å²) in [5.74, 6) is -1.01. The number of nitrogen functional groups attached to an aromatic ring is 1. The number of rotatable bonds is 5. The lowest BCUT2D eigenvalue weighted by molar-refractivity contribution is -0.143. The number of aromatic amines is 1. The third-order valence-corrected chi connectivity index (χ3v) is 3.79. The van der Waals surface area contributed by atoms with Crippen molar-refractivity contribution in [2.45, 2.75) is 24.8 Å². The van der Waals surface area contributed by atoms with E-state index >= 15 is 0 Å². The number of sulfonamides is 1. The molecule has 1 aromatic heterocycles. The van der Waals surface area contributed by atoms with Crippen LogP contribution in [0.3, 0.4) is 0 Å². The van der Waals surface area contributed by atoms with Crippen molar-refractivity contribution < 1.29 is 17.9 Å². The average Bonchev–Trinajstić information content (AvgIpc) is 2.72. The van der Waals surface area contributed by atoms with Gasteiger partial charge in [-0.3, -0.25) is 9.89 Å². The van der Waals surface area contributed by atoms with Gasteiger partial charge in [0, 0.05) is 0 Å². The van der Waals surface area contributed by atoms with Crippen LogP contribution in [0.4, 0.5) is 5.82 Å². The minimum atomic E-state index is -3.92. The molecule has 0 aliphatic rings. The Labute approximate surface area is 105 Å². The number of ether oxygens (including phenoxy) is 1. The molecule has 4 N–H and O–H groups in total. The molecule has 1 unspecified atom stereocenters. The number of nitrogens with one attached hydrogen (secondary N) is 2. The zero-order chi connectivity index (χ0) is 13.9. The van der Waals surface area contributed by atoms with E-state index in [4.69, 9.17) is 5.73 Å². The normalized spacial score (nSPS) is 13.6. The van der Waals surface area contributed by atoms with E-state index in [0.29, 0.717) is 0 Å². The number of anilines is 1. The third-order valence-electron chi connectivity index (χ3n) is 2.33. The Hall–Kier alpha value is -1.61. The molecule has 0 aromatic carbocycles. The highest BCUT2D eigenvalue weighted by atomic mass is 32.2. The first-order chi connectivity index (χ1) is 8.29. The molecule has 1 heterocycles. The van der Waals surface area contributed by atoms with E-state index in [1.165, 1.54) is 7.11 Å². The summed E-state index contributed by atoms with van der Waals surface area (Å²) in [5.41, 5.74) is 5.43. The smallest absolute Gasteiger partial charge is 0.324 e. The second-order valence-corrected chi connectivity index (χ2v) is 5.70. The van der Waals surface area contributed by atoms with E-state index in [9.17, 15) is 13.2 Å². The van der Waals surface area contributed by atoms with Crippen molar-refractivity contribution in [3.05, 3.63) is 6.20 Å². The molecule has 18 heavy (non-hydrogen) atoms. The van der Waals surface area contributed by atoms with Gasteiger partial charge in [0.15, 0.2) is 0 Å². The second kappa shape index (κ2) is 5.36. The van der Waals surface area contributed by atoms with Gasteiger partial charge < -0.3 is 10.5 Å². The maximum atomic E-state index is 12.0. The van der Waals surface area contributed by atoms with Gasteiger partial charge >= 0.3 is 5.97 Å². The number of methoxy groups -OCH3 is 1. The number of aromatic nitrogens is 2. The Bertz CT molecular complexity index is 522. The van der Waals surface area contributed by atoms with Crippen LogP contribution in [0.2, 0.25) is 0 Å². The number of nitrogens with zero attached hydrogens (tertiary/aromatic N) is 1. The van der Waals surface area contributed by atoms with Crippen LogP contribution in [0, 0.1) is 5.92 Å². The Kier molecular flexibility index (Phi) is 4.30. The summed E-state index contributed by atoms with van der Waals surface area (Å²) >= 11 is 0. The number of carbonyl (C=O) groups is 1. The molecule has 0 saturated carbocycles. The van der Waals surface area contributed by atoms with Crippen LogP contribution in [0.15, 0.2) is 11.1 Å². The maximum Gasteiger partial charge on any atom is 0.324 e. The van der Waals surface area contributed by atoms with Crippen LogP contribution in [0.1, 0.15) is 13.8 Å². The highest BCUT2D eigenvalue weighted by Crippen LogP contribution is 2.16. The Morgan fingerprint density at radius 3 is 2.56 bits per heavy atom. The molecule has 0 aliphatic heterocycles. The summed E-state index contributed by atoms with van der Waals surface area (Å²) in [6.45, 7) is 3.39. The van der Waals surface area contributed by atoms with Gasteiger partial charge in [-0.2, -0.15) is 9.82 Å². The van der Waals surface area contributed by atoms with E-state index in [1.54, 1.807) is 13.8 Å². The largest absolute Gasteiger partial charge is 0.468 e. The molecule has 102 valence electrons. The highest BCUT2D eigenvalue weighted by molar-refractivity contribution is 7.89. The molecule has 0 saturated heterocycles. The first-order valence-corrected chi connectivity index (χ1v) is 6.67. The highest BCUT2D eigenvalue weighted by Gasteiger charge is 2.30. The van der Waals surface area contributed by atoms with E-state index in [1.807, 2.05) is 0 Å². The Balaban J connectivity index is 3.01. The molecular formula is C9H16N4O4S. The number of H-pyrrole nitrogens is 1. The van der Waals surface area contributed by atoms with E-state index in [2.05, 4.69) is 19.7 Å². The van der Waals surface area contributed by atoms with Gasteiger partial charge in [-0.1, -0.05) is 13.8 Å². The first-order valence-electron chi connectivity index (χ1n) is 5.18. The fraction of sp³-hybridized carbons (Fsp3) is 0.556. The number of hydrogen-bond acceptors (Lipinski definition) is 6. The maximum absolute atomic E-state index is 12.0. The standard InChI is InChI=1S/C9H16N4O4S/c1-5(2)7(9(14)17-3)13-18(15,16)6-4-11-12-8(6)10/h4-5,7,13H,1-3H3,(H3,10,11,12). The van der Waals surface area contributed by atoms with Gasteiger partial charge in [0.05, 0.1) is 13.3 Å². The minimum absolute atomic E-state index is 0.0881. The Morgan fingerprint density at radius 1 is 1.56 bits per heavy atom. The Morgan fingerprint density at radius 2 is 2.17 bits per heavy atom. The summed E-state index contributed by atoms with van der Waals surface area (Å²) in [6, 6.07) is -0.977. The average molecular weight is 276 g/mol. The summed E-state index contributed by atoms with van der Waals surface area (Å²) in [4.78, 5) is 11.3. The number of esters is 1. The molecule has 0 amide bonds. The molecule has 0 radical (unpaired) electrons. The molecule has 0 spiro atoms. The van der Waals surface area contributed by atoms with Crippen LogP contribution < -0.4 is 10.5 Å². The quantitative estimate of drug-likeness (QED) is 0.620. The monoisotopic (exact) mass is 276 g/mol. The molecule has 1 atom stereocenters. The van der Waals surface area contributed by atoms with Crippen LogP contribution >= 0.6 is 0 Å². The molecule has 1 aromatic rings. The lowest BCUT2D eigenvalue weighted by Crippen LogP contribution is -2.44. The van der Waals surface area contributed by atoms with Crippen molar-refractivity contribution in [2.75, 3.05) is 12.8 Å². The number of hydrogen-bond donors (Lipinski definition) is 3. The minimum Gasteiger partial charge on any atom is -0.468 e. The predicted octanol–water partition coefficient (Wildman–Crippen LogP) is -0.532. The van der Waals surface area contributed by atoms with Gasteiger partial charge in [0.1, 0.15) is 16.8 Å². The molecule has 8 nitrogen and oxygen atoms in total. The molecule has 0 aliphatic carbocycles. The number of carbonyl (C=O) groups excluding carboxylic acids is 1. The zero-order valence-electron chi connectivity index (χ0n) is 10.3. The lowest BCUT2D eigenvalue weighted by atomic mass is 10.1. The first kappa shape index (κ1) is 14.5. The van der Waals surface area contributed by atoms with Crippen molar-refractivity contribution in [3.8, 4) is 0 Å². The van der Waals surface area contributed by atoms with Crippen molar-refractivity contribution in [2.24, 2.45) is 5.92 Å². The van der Waals surface area contributed by atoms with E-state index in [-0.39, 0.29) is 16.6 Å². The third kappa shape index (κ3) is 2.99. The van der Waals surface area contributed by atoms with Gasteiger partial charge in [-0.05, 0) is 5.92 Å². The fourth-order valence-corrected chi connectivity index (χ4v) is 2.67. The second-order valence-electron chi connectivity index (χ2n) is 4.01. The van der Waals surface area contributed by atoms with Crippen molar-refractivity contribution in [3.63, 3.8) is 0 Å². The molecule has 9 heteroatoms. The van der Waals surface area contributed by atoms with Crippen molar-refractivity contribution in [1.29, 1.82) is 0 Å². The van der Waals surface area contributed by atoms with E-state index in [0.717, 1.165) is 6.20 Å². The number of nitrogens with two attached hydrogens (primary N) is 1. The van der Waals surface area contributed by atoms with Gasteiger partial charge in [0.2, 0.25) is 10.0 Å². The van der Waals surface area contributed by atoms with Gasteiger partial charge in [-0.15, -0.1) is 0 Å². The van der Waals surface area contributed by atoms with Crippen LogP contribution in [-0.2, 0) is 19.6 Å². The zero-order valence-corrected chi connectivity index (χ0v) is 11.1. The molecule has 1 rings (SSSR count). The fourth-order valence-electron chi connectivity index (χ4n) is 1.31. The van der Waals surface area contributed by atoms with Crippen LogP contribution in [0.25, 0.3) is 0 Å². The summed E-state index contributed by atoms with van der Waals surface area (Å²) < 4.78 is 30.8. The summed E-state index contributed by atoms with van der Waals surface area (Å²) in [6.07, 6.45) is 1.08. The van der Waals surface area contributed by atoms with Crippen molar-refractivity contribution in [1.82, 2.24) is 14.9 Å². The van der Waals surface area contributed by atoms with Crippen molar-refractivity contribution >= 4 is 21.8 Å². The topological polar surface area (TPSA) is 127 Å². The SMILES string of the molecule is COC(=O)C(NS(=O)(=O)c1cn[nH]c1N)C(C)C. The van der Waals surface area contributed by atoms with Gasteiger partial charge in [-0.25, -0.2) is 8.42 Å². The molecule has 0 bridgehead atoms. The predicted molar refractivity (Wildman–Crippen MR) is 64.0 cm³/mol. The lowest BCUT2D eigenvalue weighted by Gasteiger charge is -2.19. The summed E-state index contributed by atoms with van der Waals surface area (Å²) in [5, 5.41) is 5.83.